The number of alkyl carbamates (subject to hydrolysis) is 1. The molecule has 0 fully saturated rings. The third-order valence-electron chi connectivity index (χ3n) is 6.10. The van der Waals surface area contributed by atoms with Gasteiger partial charge in [0.05, 0.1) is 0 Å². The molecule has 0 saturated carbocycles. The normalized spacial score (nSPS) is 13.7. The molecule has 7 heteroatoms. The Labute approximate surface area is 200 Å². The zero-order valence-corrected chi connectivity index (χ0v) is 20.3. The topological polar surface area (TPSA) is 105 Å². The molecule has 1 aliphatic carbocycles. The lowest BCUT2D eigenvalue weighted by molar-refractivity contribution is -0.142. The molecule has 1 aliphatic rings. The second-order valence-corrected chi connectivity index (χ2v) is 9.92. The highest BCUT2D eigenvalue weighted by Gasteiger charge is 2.30. The van der Waals surface area contributed by atoms with Crippen LogP contribution < -0.4 is 10.6 Å². The largest absolute Gasteiger partial charge is 0.480 e. The molecule has 3 rings (SSSR count). The molecule has 0 heterocycles. The fourth-order valence-electron chi connectivity index (χ4n) is 4.36. The molecule has 2 aromatic rings. The molecule has 0 spiro atoms. The Morgan fingerprint density at radius 3 is 2.09 bits per heavy atom. The summed E-state index contributed by atoms with van der Waals surface area (Å²) in [5, 5.41) is 14.7. The molecule has 0 unspecified atom stereocenters. The molecular weight excluding hydrogens is 432 g/mol. The summed E-state index contributed by atoms with van der Waals surface area (Å²) < 4.78 is 5.59. The van der Waals surface area contributed by atoms with E-state index in [9.17, 15) is 19.5 Å². The summed E-state index contributed by atoms with van der Waals surface area (Å²) in [5.74, 6) is -1.28. The van der Waals surface area contributed by atoms with Gasteiger partial charge in [-0.15, -0.1) is 0 Å². The van der Waals surface area contributed by atoms with Crippen molar-refractivity contribution < 1.29 is 24.2 Å². The van der Waals surface area contributed by atoms with Crippen molar-refractivity contribution in [1.82, 2.24) is 10.6 Å². The quantitative estimate of drug-likeness (QED) is 0.471. The van der Waals surface area contributed by atoms with E-state index in [4.69, 9.17) is 4.74 Å². The van der Waals surface area contributed by atoms with Crippen molar-refractivity contribution in [2.24, 2.45) is 5.92 Å². The summed E-state index contributed by atoms with van der Waals surface area (Å²) in [6, 6.07) is 15.4. The Morgan fingerprint density at radius 2 is 1.56 bits per heavy atom. The average molecular weight is 467 g/mol. The number of nitrogens with one attached hydrogen (secondary N) is 2. The Morgan fingerprint density at radius 1 is 1.00 bits per heavy atom. The van der Waals surface area contributed by atoms with Crippen molar-refractivity contribution in [2.45, 2.75) is 64.5 Å². The minimum Gasteiger partial charge on any atom is -0.480 e. The number of rotatable bonds is 10. The second kappa shape index (κ2) is 10.7. The van der Waals surface area contributed by atoms with Crippen LogP contribution >= 0.6 is 0 Å². The van der Waals surface area contributed by atoms with E-state index in [1.807, 2.05) is 52.0 Å². The van der Waals surface area contributed by atoms with Crippen LogP contribution in [0, 0.1) is 5.92 Å². The van der Waals surface area contributed by atoms with Gasteiger partial charge in [-0.3, -0.25) is 4.79 Å². The monoisotopic (exact) mass is 466 g/mol. The molecule has 2 aromatic carbocycles. The number of benzene rings is 2. The summed E-state index contributed by atoms with van der Waals surface area (Å²) in [4.78, 5) is 36.2. The molecule has 3 N–H and O–H groups in total. The highest BCUT2D eigenvalue weighted by atomic mass is 16.5. The summed E-state index contributed by atoms with van der Waals surface area (Å²) in [5.41, 5.74) is 3.91. The van der Waals surface area contributed by atoms with Gasteiger partial charge in [-0.1, -0.05) is 62.4 Å². The summed E-state index contributed by atoms with van der Waals surface area (Å²) in [7, 11) is 0. The van der Waals surface area contributed by atoms with Crippen LogP contribution in [0.5, 0.6) is 0 Å². The molecule has 0 saturated heterocycles. The Kier molecular flexibility index (Phi) is 7.97. The van der Waals surface area contributed by atoms with Crippen LogP contribution in [0.4, 0.5) is 4.79 Å². The van der Waals surface area contributed by atoms with Crippen molar-refractivity contribution >= 4 is 18.0 Å². The number of aliphatic carboxylic acids is 1. The smallest absolute Gasteiger partial charge is 0.407 e. The van der Waals surface area contributed by atoms with Crippen molar-refractivity contribution in [3.05, 3.63) is 59.7 Å². The van der Waals surface area contributed by atoms with E-state index >= 15 is 0 Å². The molecule has 7 nitrogen and oxygen atoms in total. The van der Waals surface area contributed by atoms with E-state index in [1.165, 1.54) is 0 Å². The van der Waals surface area contributed by atoms with Gasteiger partial charge in [0.1, 0.15) is 12.6 Å². The highest BCUT2D eigenvalue weighted by Crippen LogP contribution is 2.44. The van der Waals surface area contributed by atoms with Crippen molar-refractivity contribution in [3.8, 4) is 11.1 Å². The van der Waals surface area contributed by atoms with Gasteiger partial charge in [0.25, 0.3) is 0 Å². The predicted molar refractivity (Wildman–Crippen MR) is 131 cm³/mol. The lowest BCUT2D eigenvalue weighted by Gasteiger charge is -2.26. The van der Waals surface area contributed by atoms with Crippen LogP contribution in [0.1, 0.15) is 64.0 Å². The molecule has 0 bridgehead atoms. The fourth-order valence-corrected chi connectivity index (χ4v) is 4.36. The number of hydrogen-bond donors (Lipinski definition) is 3. The van der Waals surface area contributed by atoms with Gasteiger partial charge in [0, 0.05) is 17.9 Å². The number of carboxylic acid groups (broad SMARTS) is 1. The second-order valence-electron chi connectivity index (χ2n) is 9.92. The van der Waals surface area contributed by atoms with Crippen molar-refractivity contribution in [3.63, 3.8) is 0 Å². The molecule has 2 amide bonds. The van der Waals surface area contributed by atoms with E-state index in [1.54, 1.807) is 0 Å². The van der Waals surface area contributed by atoms with Gasteiger partial charge in [-0.2, -0.15) is 0 Å². The first kappa shape index (κ1) is 25.3. The van der Waals surface area contributed by atoms with Crippen LogP contribution in [0.3, 0.4) is 0 Å². The van der Waals surface area contributed by atoms with Crippen molar-refractivity contribution in [2.75, 3.05) is 6.61 Å². The average Bonchev–Trinajstić information content (AvgIpc) is 3.09. The molecule has 182 valence electrons. The number of amides is 2. The Hall–Kier alpha value is -3.35. The molecule has 0 aromatic heterocycles. The maximum atomic E-state index is 12.6. The zero-order chi connectivity index (χ0) is 24.9. The third-order valence-corrected chi connectivity index (χ3v) is 6.10. The van der Waals surface area contributed by atoms with Gasteiger partial charge in [-0.05, 0) is 54.9 Å². The molecule has 1 atom stereocenters. The number of carbonyl (C=O) groups excluding carboxylic acids is 2. The first-order valence-electron chi connectivity index (χ1n) is 11.7. The molecule has 0 radical (unpaired) electrons. The predicted octanol–water partition coefficient (Wildman–Crippen LogP) is 4.70. The van der Waals surface area contributed by atoms with E-state index in [0.717, 1.165) is 22.3 Å². The van der Waals surface area contributed by atoms with Gasteiger partial charge in [0.2, 0.25) is 5.91 Å². The number of fused-ring (bicyclic) bond motifs is 3. The van der Waals surface area contributed by atoms with Crippen molar-refractivity contribution in [1.29, 1.82) is 0 Å². The summed E-state index contributed by atoms with van der Waals surface area (Å²) >= 11 is 0. The number of carboxylic acids is 1. The number of carbonyl (C=O) groups is 3. The van der Waals surface area contributed by atoms with Gasteiger partial charge in [-0.25, -0.2) is 9.59 Å². The lowest BCUT2D eigenvalue weighted by Crippen LogP contribution is -2.46. The van der Waals surface area contributed by atoms with E-state index < -0.39 is 23.6 Å². The standard InChI is InChI=1S/C27H34N2O5/c1-17(2)15-23(25(31)32)28-24(30)13-14-27(3,4)29-26(33)34-16-22-20-11-7-5-9-18(20)19-10-6-8-12-21(19)22/h5-12,17,22-23H,13-16H2,1-4H3,(H,28,30)(H,29,33)(H,31,32)/t23-/m0/s1. The minimum absolute atomic E-state index is 0.0269. The number of hydrogen-bond acceptors (Lipinski definition) is 4. The summed E-state index contributed by atoms with van der Waals surface area (Å²) in [6.45, 7) is 7.65. The van der Waals surface area contributed by atoms with Crippen LogP contribution in [0.2, 0.25) is 0 Å². The maximum Gasteiger partial charge on any atom is 0.407 e. The molecule has 34 heavy (non-hydrogen) atoms. The lowest BCUT2D eigenvalue weighted by atomic mass is 9.97. The maximum absolute atomic E-state index is 12.6. The Balaban J connectivity index is 1.52. The first-order valence-corrected chi connectivity index (χ1v) is 11.7. The fraction of sp³-hybridized carbons (Fsp3) is 0.444. The zero-order valence-electron chi connectivity index (χ0n) is 20.3. The summed E-state index contributed by atoms with van der Waals surface area (Å²) in [6.07, 6.45) is 0.258. The highest BCUT2D eigenvalue weighted by molar-refractivity contribution is 5.83. The van der Waals surface area contributed by atoms with Gasteiger partial charge in [0.15, 0.2) is 0 Å². The Bertz CT molecular complexity index is 1000. The minimum atomic E-state index is -1.04. The van der Waals surface area contributed by atoms with Crippen LogP contribution in [-0.4, -0.2) is 41.3 Å². The third kappa shape index (κ3) is 6.37. The van der Waals surface area contributed by atoms with Gasteiger partial charge < -0.3 is 20.5 Å². The van der Waals surface area contributed by atoms with E-state index in [-0.39, 0.29) is 30.8 Å². The van der Waals surface area contributed by atoms with Crippen LogP contribution in [0.25, 0.3) is 11.1 Å². The number of ether oxygens (including phenoxy) is 1. The first-order chi connectivity index (χ1) is 16.1. The van der Waals surface area contributed by atoms with E-state index in [0.29, 0.717) is 12.8 Å². The van der Waals surface area contributed by atoms with E-state index in [2.05, 4.69) is 34.9 Å². The molecular formula is C27H34N2O5. The molecule has 0 aliphatic heterocycles. The van der Waals surface area contributed by atoms with Gasteiger partial charge >= 0.3 is 12.1 Å². The SMILES string of the molecule is CC(C)C[C@H](NC(=O)CCC(C)(C)NC(=O)OCC1c2ccccc2-c2ccccc21)C(=O)O. The van der Waals surface area contributed by atoms with Crippen LogP contribution in [0.15, 0.2) is 48.5 Å². The van der Waals surface area contributed by atoms with Crippen LogP contribution in [-0.2, 0) is 14.3 Å².